The van der Waals surface area contributed by atoms with Gasteiger partial charge in [-0.05, 0) is 20.3 Å². The summed E-state index contributed by atoms with van der Waals surface area (Å²) in [4.78, 5) is 11.5. The maximum absolute atomic E-state index is 11.5. The van der Waals surface area contributed by atoms with Gasteiger partial charge in [-0.25, -0.2) is 0 Å². The van der Waals surface area contributed by atoms with Gasteiger partial charge in [0, 0.05) is 12.6 Å². The number of amides is 1. The van der Waals surface area contributed by atoms with E-state index in [0.29, 0.717) is 13.2 Å². The zero-order valence-corrected chi connectivity index (χ0v) is 8.25. The molecule has 0 aliphatic carbocycles. The van der Waals surface area contributed by atoms with Gasteiger partial charge in [-0.2, -0.15) is 0 Å². The third-order valence-corrected chi connectivity index (χ3v) is 2.31. The van der Waals surface area contributed by atoms with Gasteiger partial charge in [0.05, 0.1) is 18.6 Å². The van der Waals surface area contributed by atoms with Crippen LogP contribution in [0.2, 0.25) is 0 Å². The molecule has 1 aliphatic heterocycles. The first-order chi connectivity index (χ1) is 6.13. The highest BCUT2D eigenvalue weighted by atomic mass is 16.5. The second-order valence-corrected chi connectivity index (χ2v) is 3.72. The molecule has 0 saturated carbocycles. The van der Waals surface area contributed by atoms with Gasteiger partial charge in [0.25, 0.3) is 0 Å². The second kappa shape index (κ2) is 4.58. The van der Waals surface area contributed by atoms with E-state index in [9.17, 15) is 4.79 Å². The number of carbonyl (C=O) groups is 1. The lowest BCUT2D eigenvalue weighted by Crippen LogP contribution is -2.41. The van der Waals surface area contributed by atoms with Crippen LogP contribution in [0.4, 0.5) is 0 Å². The Morgan fingerprint density at radius 2 is 2.46 bits per heavy atom. The summed E-state index contributed by atoms with van der Waals surface area (Å²) in [5.41, 5.74) is 5.40. The van der Waals surface area contributed by atoms with Crippen molar-refractivity contribution >= 4 is 5.91 Å². The molecule has 0 aromatic carbocycles. The van der Waals surface area contributed by atoms with Crippen LogP contribution in [0.5, 0.6) is 0 Å². The Morgan fingerprint density at radius 1 is 1.77 bits per heavy atom. The standard InChI is InChI=1S/C9H18N2O2/c1-6(4-10)11-9(12)8-3-7(2)13-5-8/h6-8H,3-5,10H2,1-2H3,(H,11,12). The van der Waals surface area contributed by atoms with Crippen LogP contribution in [0, 0.1) is 5.92 Å². The van der Waals surface area contributed by atoms with Crippen molar-refractivity contribution in [3.63, 3.8) is 0 Å². The average molecular weight is 186 g/mol. The molecule has 0 aromatic heterocycles. The third-order valence-electron chi connectivity index (χ3n) is 2.31. The highest BCUT2D eigenvalue weighted by Crippen LogP contribution is 2.18. The van der Waals surface area contributed by atoms with Crippen LogP contribution >= 0.6 is 0 Å². The topological polar surface area (TPSA) is 64.3 Å². The molecule has 3 N–H and O–H groups in total. The molecule has 0 spiro atoms. The van der Waals surface area contributed by atoms with Crippen LogP contribution < -0.4 is 11.1 Å². The van der Waals surface area contributed by atoms with Crippen LogP contribution in [0.1, 0.15) is 20.3 Å². The Labute approximate surface area is 78.8 Å². The zero-order valence-electron chi connectivity index (χ0n) is 8.25. The van der Waals surface area contributed by atoms with Gasteiger partial charge < -0.3 is 15.8 Å². The predicted octanol–water partition coefficient (Wildman–Crippen LogP) is -0.125. The van der Waals surface area contributed by atoms with Crippen molar-refractivity contribution in [3.05, 3.63) is 0 Å². The summed E-state index contributed by atoms with van der Waals surface area (Å²) in [6.45, 7) is 4.91. The molecule has 13 heavy (non-hydrogen) atoms. The summed E-state index contributed by atoms with van der Waals surface area (Å²) in [6, 6.07) is 0.0587. The van der Waals surface area contributed by atoms with Gasteiger partial charge >= 0.3 is 0 Å². The number of carbonyl (C=O) groups excluding carboxylic acids is 1. The minimum absolute atomic E-state index is 0.0176. The minimum atomic E-state index is 0.0176. The van der Waals surface area contributed by atoms with E-state index in [1.54, 1.807) is 0 Å². The van der Waals surface area contributed by atoms with Gasteiger partial charge in [0.1, 0.15) is 0 Å². The number of ether oxygens (including phenoxy) is 1. The predicted molar refractivity (Wildman–Crippen MR) is 50.2 cm³/mol. The molecule has 1 rings (SSSR count). The maximum Gasteiger partial charge on any atom is 0.225 e. The van der Waals surface area contributed by atoms with E-state index in [0.717, 1.165) is 6.42 Å². The molecule has 0 radical (unpaired) electrons. The molecule has 3 atom stereocenters. The van der Waals surface area contributed by atoms with Gasteiger partial charge in [0.2, 0.25) is 5.91 Å². The Bertz CT molecular complexity index is 184. The number of hydrogen-bond donors (Lipinski definition) is 2. The molecular formula is C9H18N2O2. The van der Waals surface area contributed by atoms with Crippen LogP contribution in [-0.2, 0) is 9.53 Å². The van der Waals surface area contributed by atoms with Crippen molar-refractivity contribution in [1.82, 2.24) is 5.32 Å². The van der Waals surface area contributed by atoms with E-state index in [4.69, 9.17) is 10.5 Å². The number of nitrogens with two attached hydrogens (primary N) is 1. The van der Waals surface area contributed by atoms with Gasteiger partial charge in [-0.3, -0.25) is 4.79 Å². The monoisotopic (exact) mass is 186 g/mol. The van der Waals surface area contributed by atoms with E-state index in [1.807, 2.05) is 13.8 Å². The Morgan fingerprint density at radius 3 is 2.92 bits per heavy atom. The highest BCUT2D eigenvalue weighted by molar-refractivity contribution is 5.79. The first kappa shape index (κ1) is 10.5. The molecule has 1 fully saturated rings. The van der Waals surface area contributed by atoms with Gasteiger partial charge in [-0.15, -0.1) is 0 Å². The van der Waals surface area contributed by atoms with Crippen molar-refractivity contribution in [2.24, 2.45) is 11.7 Å². The molecule has 1 heterocycles. The normalized spacial score (nSPS) is 30.1. The second-order valence-electron chi connectivity index (χ2n) is 3.72. The van der Waals surface area contributed by atoms with Gasteiger partial charge in [0.15, 0.2) is 0 Å². The molecule has 1 saturated heterocycles. The molecule has 1 amide bonds. The Kier molecular flexibility index (Phi) is 3.69. The van der Waals surface area contributed by atoms with E-state index in [2.05, 4.69) is 5.32 Å². The largest absolute Gasteiger partial charge is 0.378 e. The number of rotatable bonds is 3. The van der Waals surface area contributed by atoms with Crippen molar-refractivity contribution in [3.8, 4) is 0 Å². The van der Waals surface area contributed by atoms with Crippen LogP contribution in [0.3, 0.4) is 0 Å². The fraction of sp³-hybridized carbons (Fsp3) is 0.889. The first-order valence-electron chi connectivity index (χ1n) is 4.75. The molecule has 4 heteroatoms. The van der Waals surface area contributed by atoms with Gasteiger partial charge in [-0.1, -0.05) is 0 Å². The Balaban J connectivity index is 2.31. The SMILES string of the molecule is CC(CN)NC(=O)C1COC(C)C1. The smallest absolute Gasteiger partial charge is 0.225 e. The number of nitrogens with one attached hydrogen (secondary N) is 1. The van der Waals surface area contributed by atoms with E-state index >= 15 is 0 Å². The number of hydrogen-bond acceptors (Lipinski definition) is 3. The van der Waals surface area contributed by atoms with Crippen molar-refractivity contribution in [1.29, 1.82) is 0 Å². The first-order valence-corrected chi connectivity index (χ1v) is 4.75. The summed E-state index contributed by atoms with van der Waals surface area (Å²) in [6.07, 6.45) is 1.03. The quantitative estimate of drug-likeness (QED) is 0.645. The lowest BCUT2D eigenvalue weighted by molar-refractivity contribution is -0.125. The summed E-state index contributed by atoms with van der Waals surface area (Å²) in [5, 5.41) is 2.85. The molecule has 0 bridgehead atoms. The maximum atomic E-state index is 11.5. The molecule has 3 unspecified atom stereocenters. The summed E-state index contributed by atoms with van der Waals surface area (Å²) in [5.74, 6) is 0.0892. The van der Waals surface area contributed by atoms with Crippen LogP contribution in [-0.4, -0.2) is 31.2 Å². The van der Waals surface area contributed by atoms with Crippen LogP contribution in [0.25, 0.3) is 0 Å². The average Bonchev–Trinajstić information content (AvgIpc) is 2.51. The summed E-state index contributed by atoms with van der Waals surface area (Å²) >= 11 is 0. The summed E-state index contributed by atoms with van der Waals surface area (Å²) < 4.78 is 5.31. The van der Waals surface area contributed by atoms with E-state index in [1.165, 1.54) is 0 Å². The fourth-order valence-electron chi connectivity index (χ4n) is 1.42. The molecule has 4 nitrogen and oxygen atoms in total. The fourth-order valence-corrected chi connectivity index (χ4v) is 1.42. The Hall–Kier alpha value is -0.610. The lowest BCUT2D eigenvalue weighted by Gasteiger charge is -2.14. The minimum Gasteiger partial charge on any atom is -0.378 e. The molecule has 76 valence electrons. The molecule has 0 aromatic rings. The summed E-state index contributed by atoms with van der Waals surface area (Å²) in [7, 11) is 0. The lowest BCUT2D eigenvalue weighted by atomic mass is 10.1. The van der Waals surface area contributed by atoms with Crippen LogP contribution in [0.15, 0.2) is 0 Å². The third kappa shape index (κ3) is 2.97. The van der Waals surface area contributed by atoms with Crippen molar-refractivity contribution in [2.75, 3.05) is 13.2 Å². The van der Waals surface area contributed by atoms with E-state index < -0.39 is 0 Å². The molecular weight excluding hydrogens is 168 g/mol. The zero-order chi connectivity index (χ0) is 9.84. The molecule has 1 aliphatic rings. The highest BCUT2D eigenvalue weighted by Gasteiger charge is 2.28. The van der Waals surface area contributed by atoms with Crippen molar-refractivity contribution in [2.45, 2.75) is 32.4 Å². The van der Waals surface area contributed by atoms with E-state index in [-0.39, 0.29) is 24.0 Å². The van der Waals surface area contributed by atoms with Crippen molar-refractivity contribution < 1.29 is 9.53 Å².